The molecule has 2 amide bonds. The van der Waals surface area contributed by atoms with E-state index in [-0.39, 0.29) is 23.9 Å². The largest absolute Gasteiger partial charge is 0.329 e. The van der Waals surface area contributed by atoms with Gasteiger partial charge in [0.1, 0.15) is 12.1 Å². The molecule has 1 aliphatic carbocycles. The minimum atomic E-state index is -0.306. The summed E-state index contributed by atoms with van der Waals surface area (Å²) in [7, 11) is 0. The summed E-state index contributed by atoms with van der Waals surface area (Å²) in [6.07, 6.45) is 2.80. The fourth-order valence-corrected chi connectivity index (χ4v) is 4.05. The Bertz CT molecular complexity index is 613. The van der Waals surface area contributed by atoms with E-state index in [0.717, 1.165) is 25.8 Å². The Hall–Kier alpha value is -1.84. The van der Waals surface area contributed by atoms with Crippen LogP contribution in [0.15, 0.2) is 24.3 Å². The Kier molecular flexibility index (Phi) is 2.81. The molecular weight excluding hydrogens is 264 g/mol. The van der Waals surface area contributed by atoms with Gasteiger partial charge in [-0.1, -0.05) is 24.3 Å². The van der Waals surface area contributed by atoms with Crippen LogP contribution in [0.5, 0.6) is 0 Å². The van der Waals surface area contributed by atoms with E-state index >= 15 is 0 Å². The monoisotopic (exact) mass is 284 g/mol. The fraction of sp³-hybridized carbons (Fsp3) is 0.529. The number of carbonyl (C=O) groups excluding carboxylic acids is 2. The zero-order chi connectivity index (χ0) is 14.6. The molecule has 0 aromatic heterocycles. The lowest BCUT2D eigenvalue weighted by molar-refractivity contribution is -0.158. The molecule has 0 N–H and O–H groups in total. The molecule has 2 fully saturated rings. The van der Waals surface area contributed by atoms with Crippen LogP contribution in [0, 0.1) is 0 Å². The van der Waals surface area contributed by atoms with Crippen LogP contribution in [0.1, 0.15) is 36.8 Å². The molecule has 3 atom stereocenters. The highest BCUT2D eigenvalue weighted by Gasteiger charge is 2.46. The molecule has 2 saturated heterocycles. The third kappa shape index (κ3) is 1.81. The molecule has 4 rings (SSSR count). The molecule has 0 spiro atoms. The molecule has 21 heavy (non-hydrogen) atoms. The molecule has 0 saturated carbocycles. The first kappa shape index (κ1) is 12.9. The van der Waals surface area contributed by atoms with Crippen molar-refractivity contribution >= 4 is 11.8 Å². The number of nitrogens with zero attached hydrogens (tertiary/aromatic N) is 2. The standard InChI is InChI=1S/C17H20N2O2/c1-11-16(20)18-8-4-7-15(18)17(21)19(11)10-13-9-12-5-2-3-6-14(12)13/h2-3,5-6,11,13,15H,4,7-10H2,1H3. The number of hydrogen-bond acceptors (Lipinski definition) is 2. The number of rotatable bonds is 2. The average molecular weight is 284 g/mol. The topological polar surface area (TPSA) is 40.6 Å². The first-order chi connectivity index (χ1) is 10.2. The second-order valence-electron chi connectivity index (χ2n) is 6.46. The summed E-state index contributed by atoms with van der Waals surface area (Å²) < 4.78 is 0. The Balaban J connectivity index is 1.55. The van der Waals surface area contributed by atoms with Gasteiger partial charge >= 0.3 is 0 Å². The van der Waals surface area contributed by atoms with Crippen LogP contribution in [0.25, 0.3) is 0 Å². The van der Waals surface area contributed by atoms with Crippen molar-refractivity contribution in [1.82, 2.24) is 9.80 Å². The highest BCUT2D eigenvalue weighted by Crippen LogP contribution is 2.37. The lowest BCUT2D eigenvalue weighted by atomic mass is 9.77. The van der Waals surface area contributed by atoms with E-state index in [2.05, 4.69) is 24.3 Å². The van der Waals surface area contributed by atoms with Crippen LogP contribution in [-0.2, 0) is 16.0 Å². The maximum absolute atomic E-state index is 12.7. The summed E-state index contributed by atoms with van der Waals surface area (Å²) in [6, 6.07) is 7.91. The van der Waals surface area contributed by atoms with Crippen LogP contribution in [0.3, 0.4) is 0 Å². The molecule has 1 aromatic rings. The van der Waals surface area contributed by atoms with E-state index in [0.29, 0.717) is 12.5 Å². The van der Waals surface area contributed by atoms with Gasteiger partial charge in [0, 0.05) is 19.0 Å². The smallest absolute Gasteiger partial charge is 0.246 e. The van der Waals surface area contributed by atoms with Gasteiger partial charge in [0.05, 0.1) is 0 Å². The highest BCUT2D eigenvalue weighted by atomic mass is 16.2. The molecule has 4 nitrogen and oxygen atoms in total. The van der Waals surface area contributed by atoms with Crippen LogP contribution in [-0.4, -0.2) is 46.8 Å². The Morgan fingerprint density at radius 2 is 2.00 bits per heavy atom. The number of piperazine rings is 1. The van der Waals surface area contributed by atoms with Gasteiger partial charge in [0.25, 0.3) is 0 Å². The first-order valence-corrected chi connectivity index (χ1v) is 7.85. The van der Waals surface area contributed by atoms with E-state index in [1.54, 1.807) is 4.90 Å². The van der Waals surface area contributed by atoms with Crippen LogP contribution < -0.4 is 0 Å². The first-order valence-electron chi connectivity index (χ1n) is 7.85. The summed E-state index contributed by atoms with van der Waals surface area (Å²) in [5.41, 5.74) is 2.73. The van der Waals surface area contributed by atoms with E-state index in [4.69, 9.17) is 0 Å². The zero-order valence-corrected chi connectivity index (χ0v) is 12.3. The van der Waals surface area contributed by atoms with Crippen molar-refractivity contribution in [1.29, 1.82) is 0 Å². The lowest BCUT2D eigenvalue weighted by Gasteiger charge is -2.44. The van der Waals surface area contributed by atoms with Crippen LogP contribution in [0.2, 0.25) is 0 Å². The molecule has 0 bridgehead atoms. The maximum Gasteiger partial charge on any atom is 0.246 e. The van der Waals surface area contributed by atoms with Gasteiger partial charge in [0.2, 0.25) is 11.8 Å². The van der Waals surface area contributed by atoms with Crippen molar-refractivity contribution in [3.05, 3.63) is 35.4 Å². The van der Waals surface area contributed by atoms with Gasteiger partial charge in [-0.2, -0.15) is 0 Å². The molecule has 4 heteroatoms. The molecule has 1 aromatic carbocycles. The zero-order valence-electron chi connectivity index (χ0n) is 12.3. The highest BCUT2D eigenvalue weighted by molar-refractivity contribution is 5.97. The van der Waals surface area contributed by atoms with Gasteiger partial charge in [-0.25, -0.2) is 0 Å². The van der Waals surface area contributed by atoms with Crippen molar-refractivity contribution in [3.8, 4) is 0 Å². The summed E-state index contributed by atoms with van der Waals surface area (Å²) in [4.78, 5) is 28.7. The summed E-state index contributed by atoms with van der Waals surface area (Å²) in [6.45, 7) is 3.31. The quantitative estimate of drug-likeness (QED) is 0.826. The van der Waals surface area contributed by atoms with Gasteiger partial charge in [-0.3, -0.25) is 9.59 Å². The predicted octanol–water partition coefficient (Wildman–Crippen LogP) is 1.55. The van der Waals surface area contributed by atoms with E-state index < -0.39 is 0 Å². The summed E-state index contributed by atoms with van der Waals surface area (Å²) in [5.74, 6) is 0.682. The summed E-state index contributed by atoms with van der Waals surface area (Å²) >= 11 is 0. The molecule has 2 heterocycles. The van der Waals surface area contributed by atoms with Crippen LogP contribution >= 0.6 is 0 Å². The molecule has 3 unspecified atom stereocenters. The second-order valence-corrected chi connectivity index (χ2v) is 6.46. The second kappa shape index (κ2) is 4.58. The third-order valence-electron chi connectivity index (χ3n) is 5.31. The van der Waals surface area contributed by atoms with Crippen molar-refractivity contribution in [3.63, 3.8) is 0 Å². The molecule has 2 aliphatic heterocycles. The molecule has 0 radical (unpaired) electrons. The van der Waals surface area contributed by atoms with Gasteiger partial charge in [-0.15, -0.1) is 0 Å². The third-order valence-corrected chi connectivity index (χ3v) is 5.31. The van der Waals surface area contributed by atoms with Crippen molar-refractivity contribution in [2.45, 2.75) is 44.2 Å². The lowest BCUT2D eigenvalue weighted by Crippen LogP contribution is -2.62. The van der Waals surface area contributed by atoms with Crippen LogP contribution in [0.4, 0.5) is 0 Å². The van der Waals surface area contributed by atoms with E-state index in [1.165, 1.54) is 11.1 Å². The Morgan fingerprint density at radius 1 is 1.19 bits per heavy atom. The van der Waals surface area contributed by atoms with E-state index in [1.807, 2.05) is 11.8 Å². The normalized spacial score (nSPS) is 31.0. The molecule has 3 aliphatic rings. The van der Waals surface area contributed by atoms with Crippen molar-refractivity contribution in [2.24, 2.45) is 0 Å². The van der Waals surface area contributed by atoms with Gasteiger partial charge in [-0.05, 0) is 37.3 Å². The average Bonchev–Trinajstić information content (AvgIpc) is 2.95. The Morgan fingerprint density at radius 3 is 2.81 bits per heavy atom. The van der Waals surface area contributed by atoms with Gasteiger partial charge in [0.15, 0.2) is 0 Å². The number of carbonyl (C=O) groups is 2. The van der Waals surface area contributed by atoms with E-state index in [9.17, 15) is 9.59 Å². The summed E-state index contributed by atoms with van der Waals surface area (Å²) in [5, 5.41) is 0. The predicted molar refractivity (Wildman–Crippen MR) is 78.8 cm³/mol. The molecular formula is C17H20N2O2. The minimum absolute atomic E-state index is 0.129. The number of benzene rings is 1. The number of amides is 2. The number of hydrogen-bond donors (Lipinski definition) is 0. The number of fused-ring (bicyclic) bond motifs is 2. The molecule has 110 valence electrons. The van der Waals surface area contributed by atoms with Gasteiger partial charge < -0.3 is 9.80 Å². The Labute approximate surface area is 124 Å². The van der Waals surface area contributed by atoms with Crippen molar-refractivity contribution < 1.29 is 9.59 Å². The fourth-order valence-electron chi connectivity index (χ4n) is 4.05. The SMILES string of the molecule is CC1C(=O)N2CCCC2C(=O)N1CC1Cc2ccccc21. The van der Waals surface area contributed by atoms with Crippen molar-refractivity contribution in [2.75, 3.05) is 13.1 Å². The minimum Gasteiger partial charge on any atom is -0.329 e. The maximum atomic E-state index is 12.7.